The van der Waals surface area contributed by atoms with Crippen LogP contribution < -0.4 is 16.0 Å². The van der Waals surface area contributed by atoms with Crippen LogP contribution >= 0.6 is 0 Å². The van der Waals surface area contributed by atoms with Crippen molar-refractivity contribution in [2.24, 2.45) is 5.84 Å². The molecule has 0 saturated carbocycles. The summed E-state index contributed by atoms with van der Waals surface area (Å²) in [5.41, 5.74) is 5.09. The van der Waals surface area contributed by atoms with Gasteiger partial charge >= 0.3 is 0 Å². The zero-order chi connectivity index (χ0) is 14.9. The molecule has 6 nitrogen and oxygen atoms in total. The van der Waals surface area contributed by atoms with Gasteiger partial charge in [-0.1, -0.05) is 24.3 Å². The second-order valence-corrected chi connectivity index (χ2v) is 6.69. The number of pyridine rings is 1. The first kappa shape index (κ1) is 14.0. The van der Waals surface area contributed by atoms with Crippen LogP contribution in [0.4, 0.5) is 5.69 Å². The lowest BCUT2D eigenvalue weighted by Crippen LogP contribution is -2.35. The van der Waals surface area contributed by atoms with E-state index in [4.69, 9.17) is 5.84 Å². The molecule has 1 aromatic carbocycles. The van der Waals surface area contributed by atoms with Crippen LogP contribution in [0.15, 0.2) is 47.6 Å². The molecule has 110 valence electrons. The third-order valence-electron chi connectivity index (χ3n) is 3.60. The van der Waals surface area contributed by atoms with Gasteiger partial charge in [-0.3, -0.25) is 10.8 Å². The van der Waals surface area contributed by atoms with Gasteiger partial charge in [-0.2, -0.15) is 0 Å². The number of hydrogen-bond acceptors (Lipinski definition) is 5. The highest BCUT2D eigenvalue weighted by molar-refractivity contribution is 7.89. The number of anilines is 1. The zero-order valence-electron chi connectivity index (χ0n) is 11.3. The van der Waals surface area contributed by atoms with Crippen molar-refractivity contribution in [1.82, 2.24) is 9.71 Å². The maximum Gasteiger partial charge on any atom is 0.244 e. The van der Waals surface area contributed by atoms with Crippen LogP contribution in [0.3, 0.4) is 0 Å². The predicted molar refractivity (Wildman–Crippen MR) is 80.0 cm³/mol. The van der Waals surface area contributed by atoms with Gasteiger partial charge in [0, 0.05) is 18.4 Å². The number of nitrogen functional groups attached to an aromatic ring is 1. The SMILES string of the molecule is NNc1ccncc1S(=O)(=O)NC1Cc2ccccc2C1. The van der Waals surface area contributed by atoms with Crippen molar-refractivity contribution >= 4 is 15.7 Å². The fourth-order valence-electron chi connectivity index (χ4n) is 2.64. The van der Waals surface area contributed by atoms with Gasteiger partial charge in [0.05, 0.1) is 5.69 Å². The molecule has 0 saturated heterocycles. The standard InChI is InChI=1S/C14H16N4O2S/c15-17-13-5-6-16-9-14(13)21(19,20)18-12-7-10-3-1-2-4-11(10)8-12/h1-6,9,12,18H,7-8,15H2,(H,16,17). The van der Waals surface area contributed by atoms with Gasteiger partial charge in [0.2, 0.25) is 10.0 Å². The molecule has 0 bridgehead atoms. The summed E-state index contributed by atoms with van der Waals surface area (Å²) in [4.78, 5) is 3.92. The molecule has 0 unspecified atom stereocenters. The Morgan fingerprint density at radius 1 is 1.14 bits per heavy atom. The number of aromatic nitrogens is 1. The molecular formula is C14H16N4O2S. The first-order chi connectivity index (χ1) is 10.1. The first-order valence-electron chi connectivity index (χ1n) is 6.60. The minimum absolute atomic E-state index is 0.0588. The number of benzene rings is 1. The van der Waals surface area contributed by atoms with Gasteiger partial charge < -0.3 is 5.43 Å². The second-order valence-electron chi connectivity index (χ2n) is 5.01. The van der Waals surface area contributed by atoms with E-state index < -0.39 is 10.0 Å². The van der Waals surface area contributed by atoms with Gasteiger partial charge in [0.15, 0.2) is 0 Å². The number of hydrogen-bond donors (Lipinski definition) is 3. The summed E-state index contributed by atoms with van der Waals surface area (Å²) in [6.07, 6.45) is 4.17. The normalized spacial score (nSPS) is 14.9. The van der Waals surface area contributed by atoms with E-state index >= 15 is 0 Å². The van der Waals surface area contributed by atoms with Crippen LogP contribution in [0, 0.1) is 0 Å². The largest absolute Gasteiger partial charge is 0.323 e. The van der Waals surface area contributed by atoms with Crippen molar-refractivity contribution in [3.63, 3.8) is 0 Å². The van der Waals surface area contributed by atoms with Gasteiger partial charge in [-0.05, 0) is 30.0 Å². The van der Waals surface area contributed by atoms with E-state index in [1.54, 1.807) is 0 Å². The Hall–Kier alpha value is -1.96. The number of nitrogens with one attached hydrogen (secondary N) is 2. The number of fused-ring (bicyclic) bond motifs is 1. The predicted octanol–water partition coefficient (Wildman–Crippen LogP) is 0.813. The fraction of sp³-hybridized carbons (Fsp3) is 0.214. The Morgan fingerprint density at radius 2 is 1.81 bits per heavy atom. The highest BCUT2D eigenvalue weighted by atomic mass is 32.2. The number of nitrogens with zero attached hydrogens (tertiary/aromatic N) is 1. The van der Waals surface area contributed by atoms with E-state index in [1.807, 2.05) is 24.3 Å². The van der Waals surface area contributed by atoms with Gasteiger partial charge in [-0.25, -0.2) is 13.1 Å². The molecule has 1 heterocycles. The van der Waals surface area contributed by atoms with Gasteiger partial charge in [0.1, 0.15) is 4.90 Å². The molecule has 1 aliphatic rings. The summed E-state index contributed by atoms with van der Waals surface area (Å²) in [5.74, 6) is 5.35. The monoisotopic (exact) mass is 304 g/mol. The first-order valence-corrected chi connectivity index (χ1v) is 8.08. The van der Waals surface area contributed by atoms with Crippen molar-refractivity contribution < 1.29 is 8.42 Å². The highest BCUT2D eigenvalue weighted by Gasteiger charge is 2.27. The van der Waals surface area contributed by atoms with Crippen LogP contribution in [0.5, 0.6) is 0 Å². The van der Waals surface area contributed by atoms with Gasteiger partial charge in [-0.15, -0.1) is 0 Å². The summed E-state index contributed by atoms with van der Waals surface area (Å²) in [6.45, 7) is 0. The van der Waals surface area contributed by atoms with E-state index in [0.717, 1.165) is 0 Å². The number of hydrazine groups is 1. The maximum absolute atomic E-state index is 12.5. The quantitative estimate of drug-likeness (QED) is 0.574. The molecule has 1 aliphatic carbocycles. The van der Waals surface area contributed by atoms with E-state index in [0.29, 0.717) is 18.5 Å². The number of rotatable bonds is 4. The average molecular weight is 304 g/mol. The third-order valence-corrected chi connectivity index (χ3v) is 5.15. The van der Waals surface area contributed by atoms with Crippen molar-refractivity contribution in [3.8, 4) is 0 Å². The molecule has 3 rings (SSSR count). The van der Waals surface area contributed by atoms with Crippen LogP contribution in [-0.4, -0.2) is 19.4 Å². The Morgan fingerprint density at radius 3 is 2.43 bits per heavy atom. The molecule has 0 fully saturated rings. The lowest BCUT2D eigenvalue weighted by Gasteiger charge is -2.14. The highest BCUT2D eigenvalue weighted by Crippen LogP contribution is 2.24. The summed E-state index contributed by atoms with van der Waals surface area (Å²) >= 11 is 0. The number of nitrogens with two attached hydrogens (primary N) is 1. The molecule has 4 N–H and O–H groups in total. The van der Waals surface area contributed by atoms with Crippen molar-refractivity contribution in [2.45, 2.75) is 23.8 Å². The Balaban J connectivity index is 1.82. The number of sulfonamides is 1. The minimum Gasteiger partial charge on any atom is -0.323 e. The van der Waals surface area contributed by atoms with Crippen LogP contribution in [0.25, 0.3) is 0 Å². The summed E-state index contributed by atoms with van der Waals surface area (Å²) in [5, 5.41) is 0. The topological polar surface area (TPSA) is 97.1 Å². The van der Waals surface area contributed by atoms with E-state index in [2.05, 4.69) is 15.1 Å². The zero-order valence-corrected chi connectivity index (χ0v) is 12.1. The molecule has 0 radical (unpaired) electrons. The lowest BCUT2D eigenvalue weighted by atomic mass is 10.1. The molecule has 0 amide bonds. The van der Waals surface area contributed by atoms with Crippen molar-refractivity contribution in [1.29, 1.82) is 0 Å². The Bertz CT molecular complexity index is 736. The van der Waals surface area contributed by atoms with Crippen LogP contribution in [0.1, 0.15) is 11.1 Å². The van der Waals surface area contributed by atoms with Crippen molar-refractivity contribution in [3.05, 3.63) is 53.9 Å². The van der Waals surface area contributed by atoms with Gasteiger partial charge in [0.25, 0.3) is 0 Å². The smallest absolute Gasteiger partial charge is 0.244 e. The average Bonchev–Trinajstić information content (AvgIpc) is 2.88. The fourth-order valence-corrected chi connectivity index (χ4v) is 3.99. The third kappa shape index (κ3) is 2.76. The second kappa shape index (κ2) is 5.44. The molecule has 7 heteroatoms. The maximum atomic E-state index is 12.5. The molecule has 1 aromatic heterocycles. The molecular weight excluding hydrogens is 288 g/mol. The summed E-state index contributed by atoms with van der Waals surface area (Å²) < 4.78 is 27.7. The summed E-state index contributed by atoms with van der Waals surface area (Å²) in [6, 6.07) is 9.37. The summed E-state index contributed by atoms with van der Waals surface area (Å²) in [7, 11) is -3.66. The molecule has 2 aromatic rings. The van der Waals surface area contributed by atoms with E-state index in [1.165, 1.54) is 29.6 Å². The molecule has 0 atom stereocenters. The van der Waals surface area contributed by atoms with Crippen molar-refractivity contribution in [2.75, 3.05) is 5.43 Å². The van der Waals surface area contributed by atoms with Crippen LogP contribution in [-0.2, 0) is 22.9 Å². The van der Waals surface area contributed by atoms with E-state index in [-0.39, 0.29) is 10.9 Å². The minimum atomic E-state index is -3.66. The molecule has 21 heavy (non-hydrogen) atoms. The van der Waals surface area contributed by atoms with Crippen LogP contribution in [0.2, 0.25) is 0 Å². The Kier molecular flexibility index (Phi) is 3.62. The molecule has 0 spiro atoms. The molecule has 0 aliphatic heterocycles. The Labute approximate surface area is 123 Å². The van der Waals surface area contributed by atoms with E-state index in [9.17, 15) is 8.42 Å². The lowest BCUT2D eigenvalue weighted by molar-refractivity contribution is 0.555.